The van der Waals surface area contributed by atoms with Gasteiger partial charge >= 0.3 is 0 Å². The van der Waals surface area contributed by atoms with Crippen LogP contribution in [0, 0.1) is 5.92 Å². The molecule has 2 rings (SSSR count). The lowest BCUT2D eigenvalue weighted by Crippen LogP contribution is -2.37. The van der Waals surface area contributed by atoms with Crippen molar-refractivity contribution in [1.29, 1.82) is 0 Å². The molecule has 1 aliphatic rings. The monoisotopic (exact) mass is 278 g/mol. The van der Waals surface area contributed by atoms with Crippen LogP contribution in [-0.2, 0) is 4.74 Å². The molecule has 0 bridgehead atoms. The summed E-state index contributed by atoms with van der Waals surface area (Å²) in [7, 11) is 0. The van der Waals surface area contributed by atoms with Crippen molar-refractivity contribution in [3.05, 3.63) is 30.3 Å². The summed E-state index contributed by atoms with van der Waals surface area (Å²) in [5.74, 6) is 0.999. The SMILES string of the molecule is CC1(C)CC(C(O)CCOc2ccccc2)C(C)(C)O1. The minimum absolute atomic E-state index is 0.150. The fourth-order valence-corrected chi connectivity index (χ4v) is 3.22. The molecule has 0 amide bonds. The predicted molar refractivity (Wildman–Crippen MR) is 79.9 cm³/mol. The molecular formula is C17H26O3. The van der Waals surface area contributed by atoms with Crippen molar-refractivity contribution in [3.63, 3.8) is 0 Å². The first kappa shape index (κ1) is 15.3. The van der Waals surface area contributed by atoms with Gasteiger partial charge in [0.25, 0.3) is 0 Å². The van der Waals surface area contributed by atoms with Crippen molar-refractivity contribution in [2.45, 2.75) is 57.8 Å². The van der Waals surface area contributed by atoms with Crippen molar-refractivity contribution in [3.8, 4) is 5.75 Å². The third-order valence-corrected chi connectivity index (χ3v) is 4.03. The highest BCUT2D eigenvalue weighted by molar-refractivity contribution is 5.20. The van der Waals surface area contributed by atoms with Crippen LogP contribution in [0.25, 0.3) is 0 Å². The molecule has 20 heavy (non-hydrogen) atoms. The molecule has 1 aromatic carbocycles. The van der Waals surface area contributed by atoms with Crippen LogP contribution in [0.4, 0.5) is 0 Å². The molecule has 0 aliphatic carbocycles. The number of aliphatic hydroxyl groups is 1. The van der Waals surface area contributed by atoms with Crippen LogP contribution in [0.15, 0.2) is 30.3 Å². The number of hydrogen-bond acceptors (Lipinski definition) is 3. The molecule has 3 nitrogen and oxygen atoms in total. The van der Waals surface area contributed by atoms with Crippen molar-refractivity contribution in [1.82, 2.24) is 0 Å². The molecule has 2 unspecified atom stereocenters. The topological polar surface area (TPSA) is 38.7 Å². The van der Waals surface area contributed by atoms with Crippen LogP contribution < -0.4 is 4.74 Å². The summed E-state index contributed by atoms with van der Waals surface area (Å²) in [5, 5.41) is 10.4. The Hall–Kier alpha value is -1.06. The van der Waals surface area contributed by atoms with E-state index >= 15 is 0 Å². The van der Waals surface area contributed by atoms with Gasteiger partial charge < -0.3 is 14.6 Å². The van der Waals surface area contributed by atoms with Crippen LogP contribution in [0.3, 0.4) is 0 Å². The molecule has 1 N–H and O–H groups in total. The number of hydrogen-bond donors (Lipinski definition) is 1. The minimum atomic E-state index is -0.393. The molecule has 0 spiro atoms. The Balaban J connectivity index is 1.84. The van der Waals surface area contributed by atoms with Crippen LogP contribution in [0.1, 0.15) is 40.5 Å². The molecule has 1 aliphatic heterocycles. The van der Waals surface area contributed by atoms with Crippen LogP contribution in [0.2, 0.25) is 0 Å². The first-order chi connectivity index (χ1) is 9.30. The fraction of sp³-hybridized carbons (Fsp3) is 0.647. The number of aliphatic hydroxyl groups excluding tert-OH is 1. The molecule has 0 aromatic heterocycles. The normalized spacial score (nSPS) is 25.4. The maximum absolute atomic E-state index is 10.4. The summed E-state index contributed by atoms with van der Waals surface area (Å²) in [6, 6.07) is 9.71. The van der Waals surface area contributed by atoms with Gasteiger partial charge in [0.1, 0.15) is 5.75 Å². The molecule has 3 heteroatoms. The molecule has 2 atom stereocenters. The second-order valence-corrected chi connectivity index (χ2v) is 6.79. The lowest BCUT2D eigenvalue weighted by Gasteiger charge is -2.30. The summed E-state index contributed by atoms with van der Waals surface area (Å²) in [6.45, 7) is 8.82. The van der Waals surface area contributed by atoms with E-state index in [1.165, 1.54) is 0 Å². The van der Waals surface area contributed by atoms with Crippen LogP contribution >= 0.6 is 0 Å². The Labute approximate surface area is 121 Å². The second-order valence-electron chi connectivity index (χ2n) is 6.79. The van der Waals surface area contributed by atoms with Gasteiger partial charge in [0.2, 0.25) is 0 Å². The second kappa shape index (κ2) is 5.74. The lowest BCUT2D eigenvalue weighted by molar-refractivity contribution is -0.0887. The first-order valence-corrected chi connectivity index (χ1v) is 7.36. The fourth-order valence-electron chi connectivity index (χ4n) is 3.22. The lowest BCUT2D eigenvalue weighted by atomic mass is 9.82. The molecular weight excluding hydrogens is 252 g/mol. The summed E-state index contributed by atoms with van der Waals surface area (Å²) < 4.78 is 11.7. The standard InChI is InChI=1S/C17H26O3/c1-16(2)12-14(17(3,4)20-16)15(18)10-11-19-13-8-6-5-7-9-13/h5-9,14-15,18H,10-12H2,1-4H3. The predicted octanol–water partition coefficient (Wildman–Crippen LogP) is 3.41. The minimum Gasteiger partial charge on any atom is -0.493 e. The molecule has 112 valence electrons. The summed E-state index contributed by atoms with van der Waals surface area (Å²) >= 11 is 0. The van der Waals surface area contributed by atoms with Gasteiger partial charge in [-0.15, -0.1) is 0 Å². The van der Waals surface area contributed by atoms with Gasteiger partial charge in [-0.1, -0.05) is 18.2 Å². The number of ether oxygens (including phenoxy) is 2. The number of para-hydroxylation sites is 1. The zero-order valence-electron chi connectivity index (χ0n) is 12.9. The molecule has 1 aromatic rings. The van der Waals surface area contributed by atoms with E-state index in [-0.39, 0.29) is 17.1 Å². The summed E-state index contributed by atoms with van der Waals surface area (Å²) in [6.07, 6.45) is 1.12. The Morgan fingerprint density at radius 1 is 1.25 bits per heavy atom. The van der Waals surface area contributed by atoms with Crippen LogP contribution in [-0.4, -0.2) is 29.0 Å². The van der Waals surface area contributed by atoms with E-state index in [0.29, 0.717) is 13.0 Å². The molecule has 1 saturated heterocycles. The smallest absolute Gasteiger partial charge is 0.119 e. The van der Waals surface area contributed by atoms with Crippen molar-refractivity contribution in [2.24, 2.45) is 5.92 Å². The molecule has 0 saturated carbocycles. The quantitative estimate of drug-likeness (QED) is 0.897. The Kier molecular flexibility index (Phi) is 4.40. The Bertz CT molecular complexity index is 425. The largest absolute Gasteiger partial charge is 0.493 e. The van der Waals surface area contributed by atoms with Gasteiger partial charge in [-0.25, -0.2) is 0 Å². The van der Waals surface area contributed by atoms with E-state index in [4.69, 9.17) is 9.47 Å². The van der Waals surface area contributed by atoms with Gasteiger partial charge in [0.15, 0.2) is 0 Å². The maximum atomic E-state index is 10.4. The number of benzene rings is 1. The Morgan fingerprint density at radius 2 is 1.90 bits per heavy atom. The van der Waals surface area contributed by atoms with E-state index in [1.54, 1.807) is 0 Å². The average Bonchev–Trinajstić information content (AvgIpc) is 2.58. The van der Waals surface area contributed by atoms with E-state index < -0.39 is 6.10 Å². The zero-order valence-corrected chi connectivity index (χ0v) is 12.9. The van der Waals surface area contributed by atoms with Crippen LogP contribution in [0.5, 0.6) is 5.75 Å². The third-order valence-electron chi connectivity index (χ3n) is 4.03. The van der Waals surface area contributed by atoms with Gasteiger partial charge in [0, 0.05) is 12.3 Å². The summed E-state index contributed by atoms with van der Waals surface area (Å²) in [4.78, 5) is 0. The van der Waals surface area contributed by atoms with Crippen molar-refractivity contribution in [2.75, 3.05) is 6.61 Å². The van der Waals surface area contributed by atoms with Crippen molar-refractivity contribution < 1.29 is 14.6 Å². The highest BCUT2D eigenvalue weighted by atomic mass is 16.5. The summed E-state index contributed by atoms with van der Waals surface area (Å²) in [5.41, 5.74) is -0.439. The van der Waals surface area contributed by atoms with E-state index in [2.05, 4.69) is 27.7 Å². The van der Waals surface area contributed by atoms with Gasteiger partial charge in [0.05, 0.1) is 23.9 Å². The van der Waals surface area contributed by atoms with Gasteiger partial charge in [-0.2, -0.15) is 0 Å². The first-order valence-electron chi connectivity index (χ1n) is 7.36. The average molecular weight is 278 g/mol. The molecule has 0 radical (unpaired) electrons. The van der Waals surface area contributed by atoms with E-state index in [1.807, 2.05) is 30.3 Å². The Morgan fingerprint density at radius 3 is 2.45 bits per heavy atom. The molecule has 1 heterocycles. The third kappa shape index (κ3) is 3.74. The highest BCUT2D eigenvalue weighted by Gasteiger charge is 2.48. The van der Waals surface area contributed by atoms with E-state index in [0.717, 1.165) is 12.2 Å². The van der Waals surface area contributed by atoms with E-state index in [9.17, 15) is 5.11 Å². The molecule has 1 fully saturated rings. The van der Waals surface area contributed by atoms with Crippen molar-refractivity contribution >= 4 is 0 Å². The maximum Gasteiger partial charge on any atom is 0.119 e. The highest BCUT2D eigenvalue weighted by Crippen LogP contribution is 2.44. The number of rotatable bonds is 5. The van der Waals surface area contributed by atoms with Gasteiger partial charge in [-0.05, 0) is 46.2 Å². The zero-order chi connectivity index (χ0) is 14.8. The van der Waals surface area contributed by atoms with Gasteiger partial charge in [-0.3, -0.25) is 0 Å².